The number of aryl methyl sites for hydroxylation is 1. The van der Waals surface area contributed by atoms with Crippen LogP contribution in [-0.2, 0) is 11.3 Å². The van der Waals surface area contributed by atoms with Gasteiger partial charge < -0.3 is 4.90 Å². The molecule has 1 heterocycles. The summed E-state index contributed by atoms with van der Waals surface area (Å²) in [6, 6.07) is 3.72. The Labute approximate surface area is 135 Å². The summed E-state index contributed by atoms with van der Waals surface area (Å²) in [5.74, 6) is -0.00723. The lowest BCUT2D eigenvalue weighted by Crippen LogP contribution is -2.30. The van der Waals surface area contributed by atoms with Gasteiger partial charge in [0.2, 0.25) is 5.91 Å². The maximum atomic E-state index is 12.0. The summed E-state index contributed by atoms with van der Waals surface area (Å²) in [5.41, 5.74) is 1.39. The molecule has 116 valence electrons. The third-order valence-corrected chi connectivity index (χ3v) is 3.27. The van der Waals surface area contributed by atoms with Crippen LogP contribution < -0.4 is 0 Å². The molecule has 0 aliphatic rings. The Morgan fingerprint density at radius 1 is 1.41 bits per heavy atom. The number of nitrogens with zero attached hydrogens (tertiary/aromatic N) is 5. The van der Waals surface area contributed by atoms with Gasteiger partial charge in [-0.15, -0.1) is 0 Å². The number of halogens is 1. The SMILES string of the molecule is Cc1nn(CC(C)C)c(Cl)c1/C=C/C(=O)N(CC#N)CC#N. The summed E-state index contributed by atoms with van der Waals surface area (Å²) in [5, 5.41) is 22.1. The zero-order chi connectivity index (χ0) is 16.7. The summed E-state index contributed by atoms with van der Waals surface area (Å²) in [7, 11) is 0. The molecule has 0 saturated carbocycles. The van der Waals surface area contributed by atoms with Crippen LogP contribution in [0.15, 0.2) is 6.08 Å². The molecule has 0 aliphatic carbocycles. The monoisotopic (exact) mass is 319 g/mol. The van der Waals surface area contributed by atoms with Crippen molar-refractivity contribution in [2.24, 2.45) is 5.92 Å². The van der Waals surface area contributed by atoms with Crippen molar-refractivity contribution in [2.75, 3.05) is 13.1 Å². The molecule has 7 heteroatoms. The van der Waals surface area contributed by atoms with Crippen molar-refractivity contribution in [3.05, 3.63) is 22.5 Å². The number of carbonyl (C=O) groups is 1. The normalized spacial score (nSPS) is 10.7. The second-order valence-electron chi connectivity index (χ2n) is 5.21. The van der Waals surface area contributed by atoms with Gasteiger partial charge in [0.1, 0.15) is 18.2 Å². The lowest BCUT2D eigenvalue weighted by atomic mass is 10.2. The quantitative estimate of drug-likeness (QED) is 0.595. The minimum Gasteiger partial charge on any atom is -0.313 e. The Kier molecular flexibility index (Phi) is 6.62. The molecule has 0 N–H and O–H groups in total. The molecular formula is C15H18ClN5O. The Bertz CT molecular complexity index is 632. The van der Waals surface area contributed by atoms with Crippen molar-refractivity contribution in [2.45, 2.75) is 27.3 Å². The van der Waals surface area contributed by atoms with Gasteiger partial charge in [-0.05, 0) is 18.9 Å². The minimum absolute atomic E-state index is 0.129. The second kappa shape index (κ2) is 8.21. The Hall–Kier alpha value is -2.31. The highest BCUT2D eigenvalue weighted by molar-refractivity contribution is 6.31. The first-order chi connectivity index (χ1) is 10.4. The fourth-order valence-corrected chi connectivity index (χ4v) is 2.17. The predicted octanol–water partition coefficient (Wildman–Crippen LogP) is 2.39. The molecule has 1 aromatic heterocycles. The van der Waals surface area contributed by atoms with Gasteiger partial charge in [0.05, 0.1) is 17.8 Å². The Morgan fingerprint density at radius 2 is 2.00 bits per heavy atom. The average Bonchev–Trinajstić information content (AvgIpc) is 2.70. The van der Waals surface area contributed by atoms with Crippen LogP contribution in [0.3, 0.4) is 0 Å². The van der Waals surface area contributed by atoms with Crippen LogP contribution in [0.5, 0.6) is 0 Å². The van der Waals surface area contributed by atoms with Gasteiger partial charge in [-0.3, -0.25) is 9.48 Å². The first-order valence-corrected chi connectivity index (χ1v) is 7.22. The summed E-state index contributed by atoms with van der Waals surface area (Å²) in [4.78, 5) is 13.1. The first-order valence-electron chi connectivity index (χ1n) is 6.84. The van der Waals surface area contributed by atoms with Crippen molar-refractivity contribution in [1.29, 1.82) is 10.5 Å². The van der Waals surface area contributed by atoms with E-state index in [4.69, 9.17) is 22.1 Å². The Balaban J connectivity index is 2.94. The van der Waals surface area contributed by atoms with Crippen molar-refractivity contribution >= 4 is 23.6 Å². The number of rotatable bonds is 6. The van der Waals surface area contributed by atoms with Crippen molar-refractivity contribution in [3.63, 3.8) is 0 Å². The van der Waals surface area contributed by atoms with E-state index in [1.165, 1.54) is 6.08 Å². The maximum absolute atomic E-state index is 12.0. The van der Waals surface area contributed by atoms with Crippen LogP contribution in [0.4, 0.5) is 0 Å². The van der Waals surface area contributed by atoms with E-state index in [9.17, 15) is 4.79 Å². The lowest BCUT2D eigenvalue weighted by Gasteiger charge is -2.12. The fraction of sp³-hybridized carbons (Fsp3) is 0.467. The zero-order valence-electron chi connectivity index (χ0n) is 12.9. The smallest absolute Gasteiger partial charge is 0.248 e. The summed E-state index contributed by atoms with van der Waals surface area (Å²) in [6.45, 7) is 6.37. The average molecular weight is 320 g/mol. The Morgan fingerprint density at radius 3 is 2.50 bits per heavy atom. The lowest BCUT2D eigenvalue weighted by molar-refractivity contribution is -0.124. The summed E-state index contributed by atoms with van der Waals surface area (Å²) < 4.78 is 1.70. The first kappa shape index (κ1) is 17.7. The van der Waals surface area contributed by atoms with E-state index < -0.39 is 5.91 Å². The molecule has 0 saturated heterocycles. The number of hydrogen-bond donors (Lipinski definition) is 0. The predicted molar refractivity (Wildman–Crippen MR) is 83.7 cm³/mol. The number of hydrogen-bond acceptors (Lipinski definition) is 4. The molecule has 0 aliphatic heterocycles. The molecular weight excluding hydrogens is 302 g/mol. The van der Waals surface area contributed by atoms with Gasteiger partial charge >= 0.3 is 0 Å². The van der Waals surface area contributed by atoms with Crippen molar-refractivity contribution in [3.8, 4) is 12.1 Å². The number of amides is 1. The highest BCUT2D eigenvalue weighted by atomic mass is 35.5. The van der Waals surface area contributed by atoms with Gasteiger partial charge in [-0.2, -0.15) is 15.6 Å². The number of nitriles is 2. The summed E-state index contributed by atoms with van der Waals surface area (Å²) in [6.07, 6.45) is 2.88. The van der Waals surface area contributed by atoms with E-state index in [0.717, 1.165) is 10.6 Å². The van der Waals surface area contributed by atoms with Crippen LogP contribution >= 0.6 is 11.6 Å². The van der Waals surface area contributed by atoms with E-state index in [-0.39, 0.29) is 13.1 Å². The van der Waals surface area contributed by atoms with Crippen molar-refractivity contribution < 1.29 is 4.79 Å². The van der Waals surface area contributed by atoms with Gasteiger partial charge in [0, 0.05) is 18.2 Å². The second-order valence-corrected chi connectivity index (χ2v) is 5.57. The number of aromatic nitrogens is 2. The minimum atomic E-state index is -0.407. The third kappa shape index (κ3) is 4.61. The summed E-state index contributed by atoms with van der Waals surface area (Å²) >= 11 is 6.28. The van der Waals surface area contributed by atoms with Gasteiger partial charge in [0.25, 0.3) is 0 Å². The van der Waals surface area contributed by atoms with E-state index in [0.29, 0.717) is 23.2 Å². The zero-order valence-corrected chi connectivity index (χ0v) is 13.6. The van der Waals surface area contributed by atoms with E-state index in [1.807, 2.05) is 19.1 Å². The number of carbonyl (C=O) groups excluding carboxylic acids is 1. The largest absolute Gasteiger partial charge is 0.313 e. The molecule has 0 unspecified atom stereocenters. The third-order valence-electron chi connectivity index (χ3n) is 2.87. The van der Waals surface area contributed by atoms with Gasteiger partial charge in [-0.1, -0.05) is 25.4 Å². The molecule has 0 spiro atoms. The molecule has 0 aromatic carbocycles. The van der Waals surface area contributed by atoms with E-state index >= 15 is 0 Å². The molecule has 1 aromatic rings. The molecule has 0 radical (unpaired) electrons. The van der Waals surface area contributed by atoms with E-state index in [1.54, 1.807) is 10.8 Å². The molecule has 1 amide bonds. The van der Waals surface area contributed by atoms with Crippen LogP contribution in [0.25, 0.3) is 6.08 Å². The molecule has 22 heavy (non-hydrogen) atoms. The molecule has 0 fully saturated rings. The van der Waals surface area contributed by atoms with Crippen LogP contribution in [0, 0.1) is 35.5 Å². The van der Waals surface area contributed by atoms with Crippen LogP contribution in [-0.4, -0.2) is 33.7 Å². The van der Waals surface area contributed by atoms with Crippen molar-refractivity contribution in [1.82, 2.24) is 14.7 Å². The molecule has 1 rings (SSSR count). The fourth-order valence-electron chi connectivity index (χ4n) is 1.87. The van der Waals surface area contributed by atoms with Crippen LogP contribution in [0.2, 0.25) is 5.15 Å². The molecule has 6 nitrogen and oxygen atoms in total. The van der Waals surface area contributed by atoms with E-state index in [2.05, 4.69) is 18.9 Å². The highest BCUT2D eigenvalue weighted by Gasteiger charge is 2.14. The highest BCUT2D eigenvalue weighted by Crippen LogP contribution is 2.22. The van der Waals surface area contributed by atoms with Crippen LogP contribution in [0.1, 0.15) is 25.1 Å². The standard InChI is InChI=1S/C15H18ClN5O/c1-11(2)10-21-15(16)13(12(3)19-21)4-5-14(22)20(8-6-17)9-7-18/h4-5,11H,8-10H2,1-3H3/b5-4+. The molecule has 0 bridgehead atoms. The topological polar surface area (TPSA) is 85.7 Å². The van der Waals surface area contributed by atoms with Gasteiger partial charge in [-0.25, -0.2) is 0 Å². The maximum Gasteiger partial charge on any atom is 0.248 e. The molecule has 0 atom stereocenters. The van der Waals surface area contributed by atoms with Gasteiger partial charge in [0.15, 0.2) is 0 Å².